The van der Waals surface area contributed by atoms with Crippen LogP contribution in [0.5, 0.6) is 0 Å². The molecule has 0 saturated carbocycles. The summed E-state index contributed by atoms with van der Waals surface area (Å²) in [7, 11) is 0. The number of hydrogen-bond donors (Lipinski definition) is 2. The number of benzene rings is 1. The van der Waals surface area contributed by atoms with Crippen molar-refractivity contribution in [2.45, 2.75) is 19.2 Å². The second-order valence-electron chi connectivity index (χ2n) is 4.71. The normalized spacial score (nSPS) is 10.3. The Bertz CT molecular complexity index is 430. The SMILES string of the molecule is CC(C)CNC(=O)CNC(=O)c1ccc(CBr)cc1. The summed E-state index contributed by atoms with van der Waals surface area (Å²) >= 11 is 3.34. The van der Waals surface area contributed by atoms with E-state index in [1.165, 1.54) is 0 Å². The van der Waals surface area contributed by atoms with Crippen LogP contribution in [0.15, 0.2) is 24.3 Å². The molecule has 2 N–H and O–H groups in total. The molecular weight excluding hydrogens is 308 g/mol. The number of nitrogens with one attached hydrogen (secondary N) is 2. The molecule has 2 amide bonds. The summed E-state index contributed by atoms with van der Waals surface area (Å²) < 4.78 is 0. The zero-order chi connectivity index (χ0) is 14.3. The number of halogens is 1. The second-order valence-corrected chi connectivity index (χ2v) is 5.27. The number of carbonyl (C=O) groups excluding carboxylic acids is 2. The third-order valence-corrected chi connectivity index (χ3v) is 3.13. The van der Waals surface area contributed by atoms with Crippen molar-refractivity contribution < 1.29 is 9.59 Å². The smallest absolute Gasteiger partial charge is 0.251 e. The maximum absolute atomic E-state index is 11.8. The first-order valence-electron chi connectivity index (χ1n) is 6.22. The van der Waals surface area contributed by atoms with Gasteiger partial charge in [0.2, 0.25) is 5.91 Å². The van der Waals surface area contributed by atoms with Crippen LogP contribution in [-0.2, 0) is 10.1 Å². The number of hydrogen-bond acceptors (Lipinski definition) is 2. The lowest BCUT2D eigenvalue weighted by Crippen LogP contribution is -2.38. The van der Waals surface area contributed by atoms with E-state index in [2.05, 4.69) is 26.6 Å². The van der Waals surface area contributed by atoms with Crippen LogP contribution in [0.4, 0.5) is 0 Å². The molecule has 0 radical (unpaired) electrons. The quantitative estimate of drug-likeness (QED) is 0.786. The molecule has 19 heavy (non-hydrogen) atoms. The van der Waals surface area contributed by atoms with Crippen LogP contribution < -0.4 is 10.6 Å². The molecule has 1 aromatic carbocycles. The van der Waals surface area contributed by atoms with Gasteiger partial charge in [-0.1, -0.05) is 41.9 Å². The summed E-state index contributed by atoms with van der Waals surface area (Å²) in [4.78, 5) is 23.2. The predicted molar refractivity (Wildman–Crippen MR) is 79.3 cm³/mol. The summed E-state index contributed by atoms with van der Waals surface area (Å²) in [5.41, 5.74) is 1.66. The molecule has 1 rings (SSSR count). The molecule has 0 bridgehead atoms. The van der Waals surface area contributed by atoms with Crippen LogP contribution in [0.25, 0.3) is 0 Å². The molecule has 1 aromatic rings. The molecule has 0 aliphatic heterocycles. The summed E-state index contributed by atoms with van der Waals surface area (Å²) in [6, 6.07) is 7.25. The van der Waals surface area contributed by atoms with E-state index >= 15 is 0 Å². The van der Waals surface area contributed by atoms with Crippen LogP contribution in [0.2, 0.25) is 0 Å². The Morgan fingerprint density at radius 2 is 1.79 bits per heavy atom. The Balaban J connectivity index is 2.40. The van der Waals surface area contributed by atoms with Crippen molar-refractivity contribution in [1.29, 1.82) is 0 Å². The van der Waals surface area contributed by atoms with E-state index in [4.69, 9.17) is 0 Å². The topological polar surface area (TPSA) is 58.2 Å². The maximum atomic E-state index is 11.8. The molecule has 0 spiro atoms. The minimum Gasteiger partial charge on any atom is -0.354 e. The van der Waals surface area contributed by atoms with Crippen molar-refractivity contribution in [3.05, 3.63) is 35.4 Å². The van der Waals surface area contributed by atoms with Gasteiger partial charge in [-0.15, -0.1) is 0 Å². The van der Waals surface area contributed by atoms with Crippen LogP contribution in [0, 0.1) is 5.92 Å². The number of amides is 2. The zero-order valence-electron chi connectivity index (χ0n) is 11.2. The maximum Gasteiger partial charge on any atom is 0.251 e. The van der Waals surface area contributed by atoms with Crippen molar-refractivity contribution >= 4 is 27.7 Å². The van der Waals surface area contributed by atoms with Gasteiger partial charge < -0.3 is 10.6 Å². The number of alkyl halides is 1. The van der Waals surface area contributed by atoms with E-state index in [0.717, 1.165) is 10.9 Å². The average Bonchev–Trinajstić information content (AvgIpc) is 2.42. The van der Waals surface area contributed by atoms with E-state index < -0.39 is 0 Å². The van der Waals surface area contributed by atoms with Crippen LogP contribution in [-0.4, -0.2) is 24.9 Å². The van der Waals surface area contributed by atoms with Gasteiger partial charge in [0.15, 0.2) is 0 Å². The van der Waals surface area contributed by atoms with E-state index in [1.807, 2.05) is 26.0 Å². The Kier molecular flexibility index (Phi) is 6.56. The lowest BCUT2D eigenvalue weighted by Gasteiger charge is -2.08. The molecule has 0 fully saturated rings. The van der Waals surface area contributed by atoms with E-state index in [1.54, 1.807) is 12.1 Å². The van der Waals surface area contributed by atoms with Gasteiger partial charge in [0, 0.05) is 17.4 Å². The Labute approximate surface area is 122 Å². The minimum absolute atomic E-state index is 0.00570. The Morgan fingerprint density at radius 3 is 2.32 bits per heavy atom. The van der Waals surface area contributed by atoms with Crippen molar-refractivity contribution in [1.82, 2.24) is 10.6 Å². The molecule has 0 atom stereocenters. The molecule has 0 heterocycles. The highest BCUT2D eigenvalue weighted by molar-refractivity contribution is 9.08. The fourth-order valence-corrected chi connectivity index (χ4v) is 1.76. The standard InChI is InChI=1S/C14H19BrN2O2/c1-10(2)8-16-13(18)9-17-14(19)12-5-3-11(7-15)4-6-12/h3-6,10H,7-9H2,1-2H3,(H,16,18)(H,17,19). The lowest BCUT2D eigenvalue weighted by atomic mass is 10.1. The fourth-order valence-electron chi connectivity index (χ4n) is 1.39. The first kappa shape index (κ1) is 15.7. The largest absolute Gasteiger partial charge is 0.354 e. The average molecular weight is 327 g/mol. The summed E-state index contributed by atoms with van der Waals surface area (Å²) in [5, 5.41) is 6.10. The lowest BCUT2D eigenvalue weighted by molar-refractivity contribution is -0.120. The molecule has 0 saturated heterocycles. The molecule has 0 aliphatic rings. The van der Waals surface area contributed by atoms with Crippen LogP contribution >= 0.6 is 15.9 Å². The summed E-state index contributed by atoms with van der Waals surface area (Å²) in [6.45, 7) is 4.66. The second kappa shape index (κ2) is 7.94. The van der Waals surface area contributed by atoms with Crippen molar-refractivity contribution in [3.63, 3.8) is 0 Å². The third-order valence-electron chi connectivity index (χ3n) is 2.49. The van der Waals surface area contributed by atoms with Gasteiger partial charge in [0.05, 0.1) is 6.54 Å². The van der Waals surface area contributed by atoms with Gasteiger partial charge in [0.1, 0.15) is 0 Å². The van der Waals surface area contributed by atoms with Gasteiger partial charge in [-0.3, -0.25) is 9.59 Å². The van der Waals surface area contributed by atoms with E-state index in [-0.39, 0.29) is 18.4 Å². The molecule has 104 valence electrons. The zero-order valence-corrected chi connectivity index (χ0v) is 12.8. The minimum atomic E-state index is -0.235. The predicted octanol–water partition coefficient (Wildman–Crippen LogP) is 2.08. The molecule has 0 unspecified atom stereocenters. The number of rotatable bonds is 6. The van der Waals surface area contributed by atoms with E-state index in [0.29, 0.717) is 18.0 Å². The molecule has 5 heteroatoms. The summed E-state index contributed by atoms with van der Waals surface area (Å²) in [5.74, 6) is -0.00334. The first-order chi connectivity index (χ1) is 9.02. The fraction of sp³-hybridized carbons (Fsp3) is 0.429. The monoisotopic (exact) mass is 326 g/mol. The van der Waals surface area contributed by atoms with Gasteiger partial charge in [-0.05, 0) is 23.6 Å². The molecule has 0 aliphatic carbocycles. The van der Waals surface area contributed by atoms with Crippen molar-refractivity contribution in [3.8, 4) is 0 Å². The van der Waals surface area contributed by atoms with Crippen molar-refractivity contribution in [2.24, 2.45) is 5.92 Å². The highest BCUT2D eigenvalue weighted by atomic mass is 79.9. The molecular formula is C14H19BrN2O2. The van der Waals surface area contributed by atoms with Crippen molar-refractivity contribution in [2.75, 3.05) is 13.1 Å². The Hall–Kier alpha value is -1.36. The van der Waals surface area contributed by atoms with Gasteiger partial charge >= 0.3 is 0 Å². The molecule has 0 aromatic heterocycles. The van der Waals surface area contributed by atoms with E-state index in [9.17, 15) is 9.59 Å². The Morgan fingerprint density at radius 1 is 1.16 bits per heavy atom. The molecule has 4 nitrogen and oxygen atoms in total. The summed E-state index contributed by atoms with van der Waals surface area (Å²) in [6.07, 6.45) is 0. The highest BCUT2D eigenvalue weighted by Gasteiger charge is 2.08. The third kappa shape index (κ3) is 5.87. The van der Waals surface area contributed by atoms with Crippen LogP contribution in [0.1, 0.15) is 29.8 Å². The number of carbonyl (C=O) groups is 2. The first-order valence-corrected chi connectivity index (χ1v) is 7.35. The van der Waals surface area contributed by atoms with Gasteiger partial charge in [0.25, 0.3) is 5.91 Å². The van der Waals surface area contributed by atoms with Gasteiger partial charge in [-0.25, -0.2) is 0 Å². The van der Waals surface area contributed by atoms with Crippen LogP contribution in [0.3, 0.4) is 0 Å². The highest BCUT2D eigenvalue weighted by Crippen LogP contribution is 2.07. The van der Waals surface area contributed by atoms with Gasteiger partial charge in [-0.2, -0.15) is 0 Å².